The van der Waals surface area contributed by atoms with Gasteiger partial charge in [-0.1, -0.05) is 6.07 Å². The first-order chi connectivity index (χ1) is 11.9. The van der Waals surface area contributed by atoms with Gasteiger partial charge in [0.05, 0.1) is 10.0 Å². The highest BCUT2D eigenvalue weighted by Crippen LogP contribution is 2.30. The highest BCUT2D eigenvalue weighted by atomic mass is 79.9. The van der Waals surface area contributed by atoms with Crippen LogP contribution in [0.3, 0.4) is 0 Å². The summed E-state index contributed by atoms with van der Waals surface area (Å²) in [4.78, 5) is 14.7. The van der Waals surface area contributed by atoms with Crippen molar-refractivity contribution in [2.45, 2.75) is 46.6 Å². The number of hydrogen-bond donors (Lipinski definition) is 0. The molecule has 0 unspecified atom stereocenters. The zero-order chi connectivity index (χ0) is 18.1. The van der Waals surface area contributed by atoms with Crippen molar-refractivity contribution < 1.29 is 13.9 Å². The zero-order valence-electron chi connectivity index (χ0n) is 15.2. The maximum atomic E-state index is 12.8. The van der Waals surface area contributed by atoms with Gasteiger partial charge in [-0.3, -0.25) is 4.79 Å². The van der Waals surface area contributed by atoms with Crippen molar-refractivity contribution in [3.63, 3.8) is 0 Å². The normalized spacial score (nSPS) is 15.5. The molecule has 0 aliphatic carbocycles. The summed E-state index contributed by atoms with van der Waals surface area (Å²) in [6.07, 6.45) is 1.83. The third-order valence-corrected chi connectivity index (χ3v) is 5.87. The molecule has 2 aromatic rings. The van der Waals surface area contributed by atoms with Crippen molar-refractivity contribution in [3.8, 4) is 5.75 Å². The van der Waals surface area contributed by atoms with Gasteiger partial charge < -0.3 is 14.1 Å². The van der Waals surface area contributed by atoms with E-state index in [1.54, 1.807) is 0 Å². The van der Waals surface area contributed by atoms with Gasteiger partial charge >= 0.3 is 0 Å². The fourth-order valence-electron chi connectivity index (χ4n) is 3.22. The number of furan rings is 1. The van der Waals surface area contributed by atoms with Gasteiger partial charge in [0, 0.05) is 25.9 Å². The zero-order valence-corrected chi connectivity index (χ0v) is 16.8. The molecule has 25 heavy (non-hydrogen) atoms. The second-order valence-electron chi connectivity index (χ2n) is 6.76. The average molecular weight is 406 g/mol. The Morgan fingerprint density at radius 2 is 1.80 bits per heavy atom. The van der Waals surface area contributed by atoms with Gasteiger partial charge in [0.15, 0.2) is 0 Å². The lowest BCUT2D eigenvalue weighted by atomic mass is 10.1. The monoisotopic (exact) mass is 405 g/mol. The van der Waals surface area contributed by atoms with Crippen molar-refractivity contribution in [1.82, 2.24) is 4.90 Å². The van der Waals surface area contributed by atoms with Crippen molar-refractivity contribution in [3.05, 3.63) is 50.9 Å². The molecular formula is C20H24BrNO3. The smallest absolute Gasteiger partial charge is 0.258 e. The van der Waals surface area contributed by atoms with E-state index in [-0.39, 0.29) is 12.0 Å². The number of hydrogen-bond acceptors (Lipinski definition) is 3. The molecule has 1 saturated heterocycles. The summed E-state index contributed by atoms with van der Waals surface area (Å²) in [5.74, 6) is 2.36. The van der Waals surface area contributed by atoms with Gasteiger partial charge in [0.1, 0.15) is 23.4 Å². The number of aryl methyl sites for hydroxylation is 4. The van der Waals surface area contributed by atoms with E-state index in [4.69, 9.17) is 9.15 Å². The van der Waals surface area contributed by atoms with E-state index in [0.29, 0.717) is 24.4 Å². The molecule has 1 aromatic carbocycles. The van der Waals surface area contributed by atoms with Crippen molar-refractivity contribution in [2.24, 2.45) is 0 Å². The predicted molar refractivity (Wildman–Crippen MR) is 101 cm³/mol. The number of likely N-dealkylation sites (tertiary alicyclic amines) is 1. The fourth-order valence-corrected chi connectivity index (χ4v) is 3.74. The molecule has 3 rings (SSSR count). The molecule has 134 valence electrons. The van der Waals surface area contributed by atoms with Crippen LogP contribution in [0.15, 0.2) is 27.1 Å². The van der Waals surface area contributed by atoms with Crippen LogP contribution >= 0.6 is 15.9 Å². The number of rotatable bonds is 3. The fraction of sp³-hybridized carbons (Fsp3) is 0.450. The molecule has 0 spiro atoms. The largest absolute Gasteiger partial charge is 0.490 e. The molecule has 0 atom stereocenters. The van der Waals surface area contributed by atoms with Gasteiger partial charge in [0.2, 0.25) is 0 Å². The molecule has 4 nitrogen and oxygen atoms in total. The Morgan fingerprint density at radius 3 is 2.36 bits per heavy atom. The highest BCUT2D eigenvalue weighted by Gasteiger charge is 2.29. The summed E-state index contributed by atoms with van der Waals surface area (Å²) < 4.78 is 12.4. The number of benzene rings is 1. The first-order valence-electron chi connectivity index (χ1n) is 8.65. The lowest BCUT2D eigenvalue weighted by molar-refractivity contribution is 0.0593. The average Bonchev–Trinajstić information content (AvgIpc) is 2.83. The summed E-state index contributed by atoms with van der Waals surface area (Å²) in [6, 6.07) is 6.20. The highest BCUT2D eigenvalue weighted by molar-refractivity contribution is 9.10. The minimum Gasteiger partial charge on any atom is -0.490 e. The van der Waals surface area contributed by atoms with Crippen LogP contribution in [0, 0.1) is 27.7 Å². The quantitative estimate of drug-likeness (QED) is 0.724. The number of ether oxygens (including phenoxy) is 1. The maximum Gasteiger partial charge on any atom is 0.258 e. The van der Waals surface area contributed by atoms with Crippen LogP contribution in [0.5, 0.6) is 5.75 Å². The number of carbonyl (C=O) groups excluding carboxylic acids is 1. The maximum absolute atomic E-state index is 12.8. The van der Waals surface area contributed by atoms with Crippen molar-refractivity contribution in [2.75, 3.05) is 13.1 Å². The van der Waals surface area contributed by atoms with Gasteiger partial charge in [-0.05, 0) is 66.9 Å². The van der Waals surface area contributed by atoms with Gasteiger partial charge in [-0.15, -0.1) is 0 Å². The lowest BCUT2D eigenvalue weighted by Crippen LogP contribution is -2.42. The first kappa shape index (κ1) is 18.1. The van der Waals surface area contributed by atoms with E-state index in [2.05, 4.69) is 41.9 Å². The Morgan fingerprint density at radius 1 is 1.12 bits per heavy atom. The van der Waals surface area contributed by atoms with Crippen LogP contribution < -0.4 is 4.74 Å². The molecule has 1 amide bonds. The van der Waals surface area contributed by atoms with E-state index >= 15 is 0 Å². The Labute approximate surface area is 157 Å². The SMILES string of the molecule is Cc1ccc(OC2CCN(C(=O)c3c(C)oc(C)c3Br)CC2)cc1C. The van der Waals surface area contributed by atoms with E-state index in [1.807, 2.05) is 24.8 Å². The topological polar surface area (TPSA) is 42.7 Å². The third kappa shape index (κ3) is 3.76. The number of halogens is 1. The van der Waals surface area contributed by atoms with Crippen LogP contribution in [-0.4, -0.2) is 30.0 Å². The summed E-state index contributed by atoms with van der Waals surface area (Å²) >= 11 is 3.47. The summed E-state index contributed by atoms with van der Waals surface area (Å²) in [6.45, 7) is 9.28. The molecule has 1 aliphatic rings. The second kappa shape index (κ2) is 7.24. The Balaban J connectivity index is 1.61. The van der Waals surface area contributed by atoms with Crippen molar-refractivity contribution >= 4 is 21.8 Å². The molecule has 5 heteroatoms. The van der Waals surface area contributed by atoms with Crippen LogP contribution in [0.25, 0.3) is 0 Å². The molecule has 1 aromatic heterocycles. The molecule has 1 fully saturated rings. The minimum absolute atomic E-state index is 0.0332. The molecule has 0 N–H and O–H groups in total. The van der Waals surface area contributed by atoms with Crippen molar-refractivity contribution in [1.29, 1.82) is 0 Å². The number of amides is 1. The lowest BCUT2D eigenvalue weighted by Gasteiger charge is -2.32. The summed E-state index contributed by atoms with van der Waals surface area (Å²) in [5.41, 5.74) is 3.15. The molecule has 0 saturated carbocycles. The van der Waals surface area contributed by atoms with Crippen LogP contribution in [-0.2, 0) is 0 Å². The number of nitrogens with zero attached hydrogens (tertiary/aromatic N) is 1. The van der Waals surface area contributed by atoms with E-state index in [1.165, 1.54) is 11.1 Å². The van der Waals surface area contributed by atoms with Gasteiger partial charge in [-0.2, -0.15) is 0 Å². The molecular weight excluding hydrogens is 382 g/mol. The van der Waals surface area contributed by atoms with Crippen LogP contribution in [0.2, 0.25) is 0 Å². The molecule has 0 radical (unpaired) electrons. The van der Waals surface area contributed by atoms with E-state index in [0.717, 1.165) is 28.8 Å². The number of piperidine rings is 1. The second-order valence-corrected chi connectivity index (χ2v) is 7.55. The Hall–Kier alpha value is -1.75. The Kier molecular flexibility index (Phi) is 5.23. The third-order valence-electron chi connectivity index (χ3n) is 4.91. The minimum atomic E-state index is 0.0332. The number of carbonyl (C=O) groups is 1. The molecule has 2 heterocycles. The van der Waals surface area contributed by atoms with Gasteiger partial charge in [0.25, 0.3) is 5.91 Å². The molecule has 1 aliphatic heterocycles. The van der Waals surface area contributed by atoms with E-state index < -0.39 is 0 Å². The Bertz CT molecular complexity index is 788. The van der Waals surface area contributed by atoms with E-state index in [9.17, 15) is 4.79 Å². The summed E-state index contributed by atoms with van der Waals surface area (Å²) in [7, 11) is 0. The van der Waals surface area contributed by atoms with Crippen LogP contribution in [0.4, 0.5) is 0 Å². The van der Waals surface area contributed by atoms with Crippen LogP contribution in [0.1, 0.15) is 45.8 Å². The summed E-state index contributed by atoms with van der Waals surface area (Å²) in [5, 5.41) is 0. The standard InChI is InChI=1S/C20H24BrNO3/c1-12-5-6-17(11-13(12)2)25-16-7-9-22(10-8-16)20(23)18-14(3)24-15(4)19(18)21/h5-6,11,16H,7-10H2,1-4H3. The van der Waals surface area contributed by atoms with Gasteiger partial charge in [-0.25, -0.2) is 0 Å². The predicted octanol–water partition coefficient (Wildman–Crippen LogP) is 4.96. The first-order valence-corrected chi connectivity index (χ1v) is 9.44. The molecule has 0 bridgehead atoms.